The number of benzene rings is 1. The van der Waals surface area contributed by atoms with Crippen molar-refractivity contribution in [1.29, 1.82) is 0 Å². The van der Waals surface area contributed by atoms with E-state index < -0.39 is 5.97 Å². The molecule has 5 nitrogen and oxygen atoms in total. The van der Waals surface area contributed by atoms with Gasteiger partial charge in [0, 0.05) is 17.5 Å². The average Bonchev–Trinajstić information content (AvgIpc) is 2.86. The van der Waals surface area contributed by atoms with Crippen molar-refractivity contribution in [3.8, 4) is 11.5 Å². The number of fused-ring (bicyclic) bond motifs is 1. The van der Waals surface area contributed by atoms with Crippen molar-refractivity contribution in [2.45, 2.75) is 32.8 Å². The second-order valence-corrected chi connectivity index (χ2v) is 5.20. The van der Waals surface area contributed by atoms with Crippen LogP contribution in [0.1, 0.15) is 39.9 Å². The molecular weight excluding hydrogens is 284 g/mol. The number of phenolic OH excluding ortho intramolecular Hbond substituents is 1. The molecule has 0 unspecified atom stereocenters. The molecule has 0 radical (unpaired) electrons. The summed E-state index contributed by atoms with van der Waals surface area (Å²) in [6.45, 7) is 5.44. The van der Waals surface area contributed by atoms with Crippen molar-refractivity contribution in [2.75, 3.05) is 7.11 Å². The number of esters is 1. The third-order valence-corrected chi connectivity index (χ3v) is 3.74. The van der Waals surface area contributed by atoms with E-state index in [0.29, 0.717) is 36.1 Å². The largest absolute Gasteiger partial charge is 0.513 e. The van der Waals surface area contributed by atoms with E-state index >= 15 is 0 Å². The molecule has 0 fully saturated rings. The Kier molecular flexibility index (Phi) is 4.75. The van der Waals surface area contributed by atoms with Gasteiger partial charge in [0.05, 0.1) is 12.9 Å². The third-order valence-electron chi connectivity index (χ3n) is 3.74. The lowest BCUT2D eigenvalue weighted by atomic mass is 9.95. The summed E-state index contributed by atoms with van der Waals surface area (Å²) in [5.41, 5.74) is 2.30. The Bertz CT molecular complexity index is 643. The first-order chi connectivity index (χ1) is 10.5. The summed E-state index contributed by atoms with van der Waals surface area (Å²) in [5, 5.41) is 19.4. The normalized spacial score (nSPS) is 13.3. The molecule has 2 rings (SSSR count). The number of phenols is 1. The van der Waals surface area contributed by atoms with Crippen molar-refractivity contribution in [3.05, 3.63) is 46.7 Å². The highest BCUT2D eigenvalue weighted by Gasteiger charge is 2.31. The lowest BCUT2D eigenvalue weighted by molar-refractivity contribution is 0.0533. The van der Waals surface area contributed by atoms with Gasteiger partial charge < -0.3 is 19.7 Å². The molecule has 1 aliphatic heterocycles. The molecule has 5 heteroatoms. The summed E-state index contributed by atoms with van der Waals surface area (Å²) in [7, 11) is 1.54. The molecule has 22 heavy (non-hydrogen) atoms. The number of aromatic hydroxyl groups is 1. The van der Waals surface area contributed by atoms with Gasteiger partial charge in [0.15, 0.2) is 0 Å². The lowest BCUT2D eigenvalue weighted by Gasteiger charge is -2.15. The molecule has 1 heterocycles. The molecule has 0 aromatic heterocycles. The van der Waals surface area contributed by atoms with E-state index in [0.717, 1.165) is 5.56 Å². The number of methoxy groups -OCH3 is 1. The van der Waals surface area contributed by atoms with Gasteiger partial charge in [0.2, 0.25) is 0 Å². The zero-order chi connectivity index (χ0) is 16.3. The first-order valence-electron chi connectivity index (χ1n) is 7.07. The summed E-state index contributed by atoms with van der Waals surface area (Å²) >= 11 is 0. The summed E-state index contributed by atoms with van der Waals surface area (Å²) in [6.07, 6.45) is 5.33. The lowest BCUT2D eigenvalue weighted by Crippen LogP contribution is -2.02. The molecule has 1 aliphatic rings. The van der Waals surface area contributed by atoms with Gasteiger partial charge in [-0.25, -0.2) is 4.79 Å². The van der Waals surface area contributed by atoms with Crippen LogP contribution >= 0.6 is 0 Å². The Morgan fingerprint density at radius 2 is 2.18 bits per heavy atom. The van der Waals surface area contributed by atoms with Crippen LogP contribution in [0.15, 0.2) is 24.5 Å². The average molecular weight is 304 g/mol. The fourth-order valence-electron chi connectivity index (χ4n) is 2.60. The number of carbonyl (C=O) groups excluding carboxylic acids is 1. The number of ether oxygens (including phenoxy) is 2. The molecule has 118 valence electrons. The van der Waals surface area contributed by atoms with Crippen LogP contribution in [0.4, 0.5) is 0 Å². The highest BCUT2D eigenvalue weighted by atomic mass is 16.5. The monoisotopic (exact) mass is 304 g/mol. The molecule has 0 aliphatic carbocycles. The first-order valence-corrected chi connectivity index (χ1v) is 7.07. The summed E-state index contributed by atoms with van der Waals surface area (Å²) in [5.74, 6) is 0.142. The number of carbonyl (C=O) groups is 1. The van der Waals surface area contributed by atoms with Gasteiger partial charge in [0.1, 0.15) is 23.7 Å². The Morgan fingerprint density at radius 3 is 2.82 bits per heavy atom. The van der Waals surface area contributed by atoms with E-state index in [1.165, 1.54) is 7.11 Å². The zero-order valence-corrected chi connectivity index (χ0v) is 12.8. The number of allylic oxidation sites excluding steroid dienone is 3. The van der Waals surface area contributed by atoms with Gasteiger partial charge in [0.25, 0.3) is 0 Å². The molecule has 0 atom stereocenters. The van der Waals surface area contributed by atoms with E-state index in [9.17, 15) is 9.90 Å². The van der Waals surface area contributed by atoms with E-state index in [1.54, 1.807) is 0 Å². The highest BCUT2D eigenvalue weighted by Crippen LogP contribution is 2.41. The van der Waals surface area contributed by atoms with Crippen molar-refractivity contribution in [2.24, 2.45) is 0 Å². The summed E-state index contributed by atoms with van der Waals surface area (Å²) in [6, 6.07) is 0. The maximum atomic E-state index is 11.8. The van der Waals surface area contributed by atoms with E-state index in [-0.39, 0.29) is 23.7 Å². The first kappa shape index (κ1) is 15.9. The fraction of sp³-hybridized carbons (Fsp3) is 0.353. The van der Waals surface area contributed by atoms with E-state index in [1.807, 2.05) is 19.1 Å². The summed E-state index contributed by atoms with van der Waals surface area (Å²) < 4.78 is 10.4. The van der Waals surface area contributed by atoms with Crippen LogP contribution in [0.2, 0.25) is 0 Å². The Labute approximate surface area is 129 Å². The van der Waals surface area contributed by atoms with Crippen molar-refractivity contribution in [1.82, 2.24) is 0 Å². The number of hydrogen-bond acceptors (Lipinski definition) is 5. The standard InChI is InChI=1S/C17H20O5/c1-10(18)7-5-4-6-8-12-15(19)14-13(9-22-17(14)20)11(2)16(12)21-3/h4,6,18-19H,1,5,7-9H2,2-3H3/b6-4+. The van der Waals surface area contributed by atoms with Gasteiger partial charge in [-0.2, -0.15) is 0 Å². The van der Waals surface area contributed by atoms with Gasteiger partial charge in [-0.05, 0) is 25.3 Å². The number of rotatable bonds is 6. The van der Waals surface area contributed by atoms with Crippen LogP contribution < -0.4 is 4.74 Å². The maximum absolute atomic E-state index is 11.8. The minimum Gasteiger partial charge on any atom is -0.513 e. The van der Waals surface area contributed by atoms with E-state index in [2.05, 4.69) is 6.58 Å². The number of aliphatic hydroxyl groups is 1. The van der Waals surface area contributed by atoms with Crippen LogP contribution in [0, 0.1) is 6.92 Å². The zero-order valence-electron chi connectivity index (χ0n) is 12.8. The van der Waals surface area contributed by atoms with Gasteiger partial charge in [-0.1, -0.05) is 18.7 Å². The molecular formula is C17H20O5. The SMILES string of the molecule is C=C(O)CC/C=C/Cc1c(O)c2c(c(C)c1OC)COC2=O. The van der Waals surface area contributed by atoms with Crippen LogP contribution in [0.3, 0.4) is 0 Å². The Morgan fingerprint density at radius 1 is 1.45 bits per heavy atom. The van der Waals surface area contributed by atoms with E-state index in [4.69, 9.17) is 14.6 Å². The second kappa shape index (κ2) is 6.56. The van der Waals surface area contributed by atoms with Crippen LogP contribution in [-0.4, -0.2) is 23.3 Å². The van der Waals surface area contributed by atoms with Crippen molar-refractivity contribution < 1.29 is 24.5 Å². The van der Waals surface area contributed by atoms with Gasteiger partial charge in [-0.15, -0.1) is 0 Å². The minimum atomic E-state index is -0.500. The second-order valence-electron chi connectivity index (χ2n) is 5.20. The Balaban J connectivity index is 2.31. The molecule has 0 saturated heterocycles. The third kappa shape index (κ3) is 2.93. The highest BCUT2D eigenvalue weighted by molar-refractivity contribution is 5.98. The molecule has 2 N–H and O–H groups in total. The molecule has 0 amide bonds. The number of hydrogen-bond donors (Lipinski definition) is 2. The summed E-state index contributed by atoms with van der Waals surface area (Å²) in [4.78, 5) is 11.8. The smallest absolute Gasteiger partial charge is 0.342 e. The van der Waals surface area contributed by atoms with Gasteiger partial charge >= 0.3 is 5.97 Å². The van der Waals surface area contributed by atoms with Crippen molar-refractivity contribution in [3.63, 3.8) is 0 Å². The molecule has 0 spiro atoms. The maximum Gasteiger partial charge on any atom is 0.342 e. The van der Waals surface area contributed by atoms with Crippen molar-refractivity contribution >= 4 is 5.97 Å². The Hall–Kier alpha value is -2.43. The molecule has 1 aromatic rings. The fourth-order valence-corrected chi connectivity index (χ4v) is 2.60. The van der Waals surface area contributed by atoms with Gasteiger partial charge in [-0.3, -0.25) is 0 Å². The van der Waals surface area contributed by atoms with Crippen LogP contribution in [0.5, 0.6) is 11.5 Å². The predicted molar refractivity (Wildman–Crippen MR) is 82.4 cm³/mol. The predicted octanol–water partition coefficient (Wildman–Crippen LogP) is 3.33. The van der Waals surface area contributed by atoms with Crippen LogP contribution in [-0.2, 0) is 17.8 Å². The van der Waals surface area contributed by atoms with Crippen LogP contribution in [0.25, 0.3) is 0 Å². The quantitative estimate of drug-likeness (QED) is 0.479. The molecule has 1 aromatic carbocycles. The number of cyclic esters (lactones) is 1. The topological polar surface area (TPSA) is 76.0 Å². The number of aliphatic hydroxyl groups excluding tert-OH is 1. The molecule has 0 saturated carbocycles. The molecule has 0 bridgehead atoms. The minimum absolute atomic E-state index is 0.0730.